The minimum absolute atomic E-state index is 0.0594. The molecule has 0 saturated carbocycles. The fraction of sp³-hybridized carbons (Fsp3) is 0.571. The smallest absolute Gasteiger partial charge is 0.166 e. The average molecular weight is 312 g/mol. The summed E-state index contributed by atoms with van der Waals surface area (Å²) in [6, 6.07) is 2.10. The molecular formula is C14H18BrNO2. The van der Waals surface area contributed by atoms with Gasteiger partial charge in [0.15, 0.2) is 11.5 Å². The average Bonchev–Trinajstić information content (AvgIpc) is 2.58. The normalized spacial score (nSPS) is 26.4. The predicted octanol–water partition coefficient (Wildman–Crippen LogP) is 3.51. The molecule has 1 aliphatic heterocycles. The van der Waals surface area contributed by atoms with Crippen molar-refractivity contribution in [1.82, 2.24) is 0 Å². The van der Waals surface area contributed by atoms with E-state index in [1.165, 1.54) is 5.56 Å². The summed E-state index contributed by atoms with van der Waals surface area (Å²) in [4.78, 5) is 0. The van der Waals surface area contributed by atoms with Gasteiger partial charge in [0.2, 0.25) is 0 Å². The van der Waals surface area contributed by atoms with Crippen molar-refractivity contribution in [2.45, 2.75) is 38.1 Å². The number of hydrogen-bond acceptors (Lipinski definition) is 3. The van der Waals surface area contributed by atoms with E-state index in [1.54, 1.807) is 0 Å². The van der Waals surface area contributed by atoms with Gasteiger partial charge < -0.3 is 15.2 Å². The van der Waals surface area contributed by atoms with Crippen LogP contribution in [0.5, 0.6) is 11.5 Å². The molecule has 1 heterocycles. The minimum atomic E-state index is 0.0594. The van der Waals surface area contributed by atoms with Gasteiger partial charge in [-0.2, -0.15) is 0 Å². The highest BCUT2D eigenvalue weighted by Gasteiger charge is 2.31. The van der Waals surface area contributed by atoms with Gasteiger partial charge in [-0.3, -0.25) is 0 Å². The molecule has 1 aromatic carbocycles. The van der Waals surface area contributed by atoms with Crippen LogP contribution in [-0.4, -0.2) is 13.2 Å². The maximum Gasteiger partial charge on any atom is 0.166 e. The zero-order valence-electron chi connectivity index (χ0n) is 10.5. The van der Waals surface area contributed by atoms with Gasteiger partial charge in [-0.15, -0.1) is 0 Å². The molecular weight excluding hydrogens is 294 g/mol. The van der Waals surface area contributed by atoms with E-state index in [0.29, 0.717) is 19.1 Å². The van der Waals surface area contributed by atoms with Crippen LogP contribution in [0.2, 0.25) is 0 Å². The van der Waals surface area contributed by atoms with Crippen LogP contribution in [0.15, 0.2) is 10.5 Å². The van der Waals surface area contributed by atoms with Gasteiger partial charge in [0.1, 0.15) is 0 Å². The molecule has 98 valence electrons. The van der Waals surface area contributed by atoms with Crippen molar-refractivity contribution < 1.29 is 9.47 Å². The molecule has 18 heavy (non-hydrogen) atoms. The van der Waals surface area contributed by atoms with Crippen LogP contribution in [0.4, 0.5) is 0 Å². The Morgan fingerprint density at radius 3 is 2.83 bits per heavy atom. The molecule has 0 aromatic heterocycles. The van der Waals surface area contributed by atoms with Gasteiger partial charge in [0.05, 0.1) is 13.2 Å². The fourth-order valence-electron chi connectivity index (χ4n) is 2.90. The Balaban J connectivity index is 2.21. The lowest BCUT2D eigenvalue weighted by molar-refractivity contribution is 0.294. The molecule has 0 saturated heterocycles. The number of nitrogens with two attached hydrogens (primary N) is 1. The molecule has 1 aliphatic carbocycles. The summed E-state index contributed by atoms with van der Waals surface area (Å²) in [5.74, 6) is 2.23. The van der Waals surface area contributed by atoms with Gasteiger partial charge >= 0.3 is 0 Å². The third kappa shape index (κ3) is 1.91. The fourth-order valence-corrected chi connectivity index (χ4v) is 3.71. The van der Waals surface area contributed by atoms with E-state index in [2.05, 4.69) is 22.9 Å². The highest BCUT2D eigenvalue weighted by Crippen LogP contribution is 2.49. The molecule has 0 spiro atoms. The van der Waals surface area contributed by atoms with Gasteiger partial charge in [-0.05, 0) is 30.4 Å². The van der Waals surface area contributed by atoms with Crippen molar-refractivity contribution in [3.05, 3.63) is 21.7 Å². The number of benzene rings is 1. The van der Waals surface area contributed by atoms with E-state index in [0.717, 1.165) is 40.8 Å². The zero-order valence-corrected chi connectivity index (χ0v) is 12.1. The van der Waals surface area contributed by atoms with Gasteiger partial charge in [0, 0.05) is 22.5 Å². The molecule has 3 nitrogen and oxygen atoms in total. The van der Waals surface area contributed by atoms with Crippen molar-refractivity contribution in [2.75, 3.05) is 13.2 Å². The Bertz CT molecular complexity index is 475. The molecule has 1 unspecified atom stereocenters. The molecule has 2 N–H and O–H groups in total. The summed E-state index contributed by atoms with van der Waals surface area (Å²) >= 11 is 3.66. The molecule has 4 heteroatoms. The third-order valence-electron chi connectivity index (χ3n) is 3.84. The lowest BCUT2D eigenvalue weighted by Crippen LogP contribution is -2.21. The Labute approximate surface area is 116 Å². The van der Waals surface area contributed by atoms with Crippen LogP contribution >= 0.6 is 15.9 Å². The Hall–Kier alpha value is -0.740. The van der Waals surface area contributed by atoms with Gasteiger partial charge in [-0.1, -0.05) is 22.9 Å². The van der Waals surface area contributed by atoms with Crippen molar-refractivity contribution in [3.63, 3.8) is 0 Å². The third-order valence-corrected chi connectivity index (χ3v) is 4.50. The molecule has 3 rings (SSSR count). The first-order valence-corrected chi connectivity index (χ1v) is 7.35. The number of rotatable bonds is 0. The monoisotopic (exact) mass is 311 g/mol. The standard InChI is InChI=1S/C14H18BrNO2/c1-8-3-4-10(16)13-12(8)9(15)7-11-14(13)18-6-2-5-17-11/h7-8,10H,2-6,16H2,1H3/t8?,10-/m1/s1. The molecule has 0 bridgehead atoms. The van der Waals surface area contributed by atoms with Crippen molar-refractivity contribution >= 4 is 15.9 Å². The number of ether oxygens (including phenoxy) is 2. The Kier molecular flexibility index (Phi) is 3.24. The van der Waals surface area contributed by atoms with Crippen LogP contribution in [0.25, 0.3) is 0 Å². The van der Waals surface area contributed by atoms with E-state index in [9.17, 15) is 0 Å². The van der Waals surface area contributed by atoms with Crippen LogP contribution in [0, 0.1) is 0 Å². The van der Waals surface area contributed by atoms with Crippen LogP contribution in [-0.2, 0) is 0 Å². The minimum Gasteiger partial charge on any atom is -0.490 e. The largest absolute Gasteiger partial charge is 0.490 e. The maximum absolute atomic E-state index is 6.30. The molecule has 1 aromatic rings. The first-order valence-electron chi connectivity index (χ1n) is 6.56. The second-order valence-electron chi connectivity index (χ2n) is 5.15. The van der Waals surface area contributed by atoms with E-state index < -0.39 is 0 Å². The summed E-state index contributed by atoms with van der Waals surface area (Å²) in [5, 5.41) is 0. The van der Waals surface area contributed by atoms with Crippen molar-refractivity contribution in [1.29, 1.82) is 0 Å². The highest BCUT2D eigenvalue weighted by atomic mass is 79.9. The van der Waals surface area contributed by atoms with Crippen molar-refractivity contribution in [3.8, 4) is 11.5 Å². The topological polar surface area (TPSA) is 44.5 Å². The predicted molar refractivity (Wildman–Crippen MR) is 74.3 cm³/mol. The first kappa shape index (κ1) is 12.3. The Morgan fingerprint density at radius 1 is 1.22 bits per heavy atom. The van der Waals surface area contributed by atoms with E-state index in [-0.39, 0.29) is 6.04 Å². The summed E-state index contributed by atoms with van der Waals surface area (Å²) < 4.78 is 12.8. The van der Waals surface area contributed by atoms with Crippen molar-refractivity contribution in [2.24, 2.45) is 5.73 Å². The highest BCUT2D eigenvalue weighted by molar-refractivity contribution is 9.10. The van der Waals surface area contributed by atoms with Crippen LogP contribution in [0.1, 0.15) is 49.3 Å². The summed E-state index contributed by atoms with van der Waals surface area (Å²) in [6.07, 6.45) is 3.07. The maximum atomic E-state index is 6.30. The zero-order chi connectivity index (χ0) is 12.7. The molecule has 2 aliphatic rings. The quantitative estimate of drug-likeness (QED) is 0.797. The summed E-state index contributed by atoms with van der Waals surface area (Å²) in [5.41, 5.74) is 8.75. The SMILES string of the molecule is CC1CC[C@@H](N)c2c3c(cc(Br)c21)OCCCO3. The molecule has 0 fully saturated rings. The summed E-state index contributed by atoms with van der Waals surface area (Å²) in [7, 11) is 0. The molecule has 0 radical (unpaired) electrons. The van der Waals surface area contributed by atoms with Gasteiger partial charge in [-0.25, -0.2) is 0 Å². The second-order valence-corrected chi connectivity index (χ2v) is 6.00. The lowest BCUT2D eigenvalue weighted by Gasteiger charge is -2.30. The van der Waals surface area contributed by atoms with E-state index in [1.807, 2.05) is 6.07 Å². The molecule has 0 amide bonds. The van der Waals surface area contributed by atoms with E-state index in [4.69, 9.17) is 15.2 Å². The second kappa shape index (κ2) is 4.74. The number of fused-ring (bicyclic) bond motifs is 3. The first-order chi connectivity index (χ1) is 8.68. The van der Waals surface area contributed by atoms with Crippen LogP contribution in [0.3, 0.4) is 0 Å². The van der Waals surface area contributed by atoms with E-state index >= 15 is 0 Å². The number of hydrogen-bond donors (Lipinski definition) is 1. The lowest BCUT2D eigenvalue weighted by atomic mass is 9.80. The summed E-state index contributed by atoms with van der Waals surface area (Å²) in [6.45, 7) is 3.67. The Morgan fingerprint density at radius 2 is 2.00 bits per heavy atom. The number of halogens is 1. The molecule has 2 atom stereocenters. The van der Waals surface area contributed by atoms with Gasteiger partial charge in [0.25, 0.3) is 0 Å². The van der Waals surface area contributed by atoms with Crippen LogP contribution < -0.4 is 15.2 Å².